The number of ketones is 2. The number of aromatic amines is 1. The van der Waals surface area contributed by atoms with Crippen molar-refractivity contribution in [1.29, 1.82) is 0 Å². The molecule has 2 heterocycles. The molecule has 0 unspecified atom stereocenters. The van der Waals surface area contributed by atoms with Crippen LogP contribution in [0, 0.1) is 0 Å². The summed E-state index contributed by atoms with van der Waals surface area (Å²) in [5, 5.41) is 0. The Kier molecular flexibility index (Phi) is 5.13. The molecule has 2 aliphatic rings. The van der Waals surface area contributed by atoms with Crippen molar-refractivity contribution in [3.63, 3.8) is 0 Å². The second-order valence-corrected chi connectivity index (χ2v) is 7.73. The predicted molar refractivity (Wildman–Crippen MR) is 116 cm³/mol. The largest absolute Gasteiger partial charge is 0.492 e. The average molecular weight is 434 g/mol. The van der Waals surface area contributed by atoms with Gasteiger partial charge in [0, 0.05) is 38.0 Å². The Hall–Kier alpha value is -3.33. The SMILES string of the molecule is COC[C@H]1OC=C(c2nc3c4c(ccc3[nH]2)C(=O)c2ccccc2C4=O)[C@@H](OC)[C@H]1OC. The zero-order chi connectivity index (χ0) is 22.4. The lowest BCUT2D eigenvalue weighted by Gasteiger charge is -2.35. The first-order valence-electron chi connectivity index (χ1n) is 10.2. The molecule has 8 nitrogen and oxygen atoms in total. The van der Waals surface area contributed by atoms with Crippen LogP contribution in [0.25, 0.3) is 16.6 Å². The smallest absolute Gasteiger partial charge is 0.196 e. The van der Waals surface area contributed by atoms with Crippen molar-refractivity contribution in [2.75, 3.05) is 27.9 Å². The van der Waals surface area contributed by atoms with Crippen LogP contribution in [0.15, 0.2) is 42.7 Å². The van der Waals surface area contributed by atoms with Crippen molar-refractivity contribution in [2.45, 2.75) is 18.3 Å². The van der Waals surface area contributed by atoms with Gasteiger partial charge >= 0.3 is 0 Å². The Bertz CT molecular complexity index is 1260. The van der Waals surface area contributed by atoms with Crippen LogP contribution in [-0.2, 0) is 18.9 Å². The lowest BCUT2D eigenvalue weighted by atomic mass is 9.83. The molecule has 1 aromatic heterocycles. The molecular weight excluding hydrogens is 412 g/mol. The van der Waals surface area contributed by atoms with Crippen molar-refractivity contribution in [2.24, 2.45) is 0 Å². The van der Waals surface area contributed by atoms with Crippen LogP contribution in [0.2, 0.25) is 0 Å². The Morgan fingerprint density at radius 1 is 0.969 bits per heavy atom. The number of hydrogen-bond acceptors (Lipinski definition) is 7. The molecule has 5 rings (SSSR count). The average Bonchev–Trinajstić information content (AvgIpc) is 3.26. The normalized spacial score (nSPS) is 22.3. The first-order chi connectivity index (χ1) is 15.6. The number of carbonyl (C=O) groups is 2. The van der Waals surface area contributed by atoms with E-state index in [1.807, 2.05) is 0 Å². The molecule has 32 heavy (non-hydrogen) atoms. The summed E-state index contributed by atoms with van der Waals surface area (Å²) in [6, 6.07) is 10.3. The molecule has 8 heteroatoms. The van der Waals surface area contributed by atoms with Gasteiger partial charge in [0.05, 0.1) is 29.5 Å². The van der Waals surface area contributed by atoms with Crippen LogP contribution in [0.5, 0.6) is 0 Å². The Labute approximate surface area is 184 Å². The van der Waals surface area contributed by atoms with E-state index >= 15 is 0 Å². The van der Waals surface area contributed by atoms with Gasteiger partial charge in [-0.05, 0) is 12.1 Å². The van der Waals surface area contributed by atoms with Crippen molar-refractivity contribution in [3.8, 4) is 0 Å². The molecule has 2 aromatic carbocycles. The highest BCUT2D eigenvalue weighted by Crippen LogP contribution is 2.35. The number of nitrogens with zero attached hydrogens (tertiary/aromatic N) is 1. The quantitative estimate of drug-likeness (QED) is 0.516. The number of hydrogen-bond donors (Lipinski definition) is 1. The summed E-state index contributed by atoms with van der Waals surface area (Å²) in [6.45, 7) is 0.339. The van der Waals surface area contributed by atoms with E-state index in [-0.39, 0.29) is 17.7 Å². The maximum Gasteiger partial charge on any atom is 0.196 e. The maximum absolute atomic E-state index is 13.3. The van der Waals surface area contributed by atoms with E-state index in [1.54, 1.807) is 64.0 Å². The molecule has 0 fully saturated rings. The third-order valence-electron chi connectivity index (χ3n) is 6.01. The fourth-order valence-corrected chi connectivity index (χ4v) is 4.49. The molecule has 0 bridgehead atoms. The fraction of sp³-hybridized carbons (Fsp3) is 0.292. The van der Waals surface area contributed by atoms with Crippen LogP contribution in [0.1, 0.15) is 37.7 Å². The second-order valence-electron chi connectivity index (χ2n) is 7.73. The van der Waals surface area contributed by atoms with Gasteiger partial charge in [0.1, 0.15) is 29.7 Å². The van der Waals surface area contributed by atoms with Crippen LogP contribution in [-0.4, -0.2) is 67.8 Å². The summed E-state index contributed by atoms with van der Waals surface area (Å²) in [5.41, 5.74) is 3.18. The minimum absolute atomic E-state index is 0.182. The first-order valence-corrected chi connectivity index (χ1v) is 10.2. The van der Waals surface area contributed by atoms with Crippen LogP contribution < -0.4 is 0 Å². The molecule has 164 valence electrons. The molecule has 0 radical (unpaired) electrons. The number of imidazole rings is 1. The van der Waals surface area contributed by atoms with Crippen LogP contribution >= 0.6 is 0 Å². The third-order valence-corrected chi connectivity index (χ3v) is 6.01. The van der Waals surface area contributed by atoms with Crippen LogP contribution in [0.4, 0.5) is 0 Å². The van der Waals surface area contributed by atoms with E-state index in [4.69, 9.17) is 23.9 Å². The number of benzene rings is 2. The van der Waals surface area contributed by atoms with E-state index in [2.05, 4.69) is 4.98 Å². The zero-order valence-electron chi connectivity index (χ0n) is 17.9. The van der Waals surface area contributed by atoms with E-state index in [1.165, 1.54) is 0 Å². The molecule has 0 saturated heterocycles. The van der Waals surface area contributed by atoms with Crippen molar-refractivity contribution in [3.05, 3.63) is 70.7 Å². The van der Waals surface area contributed by atoms with Gasteiger partial charge in [0.15, 0.2) is 11.6 Å². The number of fused-ring (bicyclic) bond motifs is 4. The van der Waals surface area contributed by atoms with Gasteiger partial charge in [-0.1, -0.05) is 24.3 Å². The van der Waals surface area contributed by atoms with Gasteiger partial charge in [0.25, 0.3) is 0 Å². The maximum atomic E-state index is 13.3. The molecule has 1 N–H and O–H groups in total. The van der Waals surface area contributed by atoms with Gasteiger partial charge < -0.3 is 23.9 Å². The highest BCUT2D eigenvalue weighted by molar-refractivity contribution is 6.31. The summed E-state index contributed by atoms with van der Waals surface area (Å²) < 4.78 is 22.4. The van der Waals surface area contributed by atoms with Crippen molar-refractivity contribution in [1.82, 2.24) is 9.97 Å². The van der Waals surface area contributed by atoms with Gasteiger partial charge in [-0.3, -0.25) is 9.59 Å². The molecule has 0 saturated carbocycles. The lowest BCUT2D eigenvalue weighted by Crippen LogP contribution is -2.46. The third kappa shape index (κ3) is 2.99. The molecular formula is C24H22N2O6. The van der Waals surface area contributed by atoms with Gasteiger partial charge in [-0.25, -0.2) is 4.98 Å². The summed E-state index contributed by atoms with van der Waals surface area (Å²) >= 11 is 0. The Balaban J connectivity index is 1.62. The molecule has 1 aliphatic carbocycles. The van der Waals surface area contributed by atoms with Gasteiger partial charge in [0.2, 0.25) is 0 Å². The lowest BCUT2D eigenvalue weighted by molar-refractivity contribution is -0.109. The number of carbonyl (C=O) groups excluding carboxylic acids is 2. The Morgan fingerprint density at radius 2 is 1.72 bits per heavy atom. The summed E-state index contributed by atoms with van der Waals surface area (Å²) in [7, 11) is 4.77. The van der Waals surface area contributed by atoms with E-state index in [0.29, 0.717) is 51.3 Å². The minimum atomic E-state index is -0.469. The summed E-state index contributed by atoms with van der Waals surface area (Å²) in [4.78, 5) is 34.2. The number of aromatic nitrogens is 2. The van der Waals surface area contributed by atoms with Crippen molar-refractivity contribution < 1.29 is 28.5 Å². The van der Waals surface area contributed by atoms with Crippen LogP contribution in [0.3, 0.4) is 0 Å². The van der Waals surface area contributed by atoms with Gasteiger partial charge in [-0.15, -0.1) is 0 Å². The molecule has 0 spiro atoms. The topological polar surface area (TPSA) is 99.7 Å². The molecule has 3 aromatic rings. The molecule has 0 amide bonds. The van der Waals surface area contributed by atoms with E-state index in [9.17, 15) is 9.59 Å². The number of methoxy groups -OCH3 is 3. The zero-order valence-corrected chi connectivity index (χ0v) is 17.9. The summed E-state index contributed by atoms with van der Waals surface area (Å²) in [5.74, 6) is 0.0849. The molecule has 3 atom stereocenters. The minimum Gasteiger partial charge on any atom is -0.492 e. The second kappa shape index (κ2) is 7.98. The highest BCUT2D eigenvalue weighted by atomic mass is 16.6. The van der Waals surface area contributed by atoms with Gasteiger partial charge in [-0.2, -0.15) is 0 Å². The molecule has 1 aliphatic heterocycles. The highest BCUT2D eigenvalue weighted by Gasteiger charge is 2.39. The number of H-pyrrole nitrogens is 1. The predicted octanol–water partition coefficient (Wildman–Crippen LogP) is 2.75. The van der Waals surface area contributed by atoms with E-state index < -0.39 is 12.2 Å². The standard InChI is InChI=1S/C24H22N2O6/c1-29-11-17-23(31-3)22(30-2)15(10-32-17)24-25-16-9-8-14-18(19(16)26-24)21(28)13-7-5-4-6-12(13)20(14)27/h4-10,17,22-23H,11H2,1-3H3,(H,25,26)/t17-,22-,23+/m1/s1. The Morgan fingerprint density at radius 3 is 2.41 bits per heavy atom. The summed E-state index contributed by atoms with van der Waals surface area (Å²) in [6.07, 6.45) is 0.354. The van der Waals surface area contributed by atoms with Crippen molar-refractivity contribution >= 4 is 28.2 Å². The monoisotopic (exact) mass is 434 g/mol. The number of nitrogens with one attached hydrogen (secondary N) is 1. The number of rotatable bonds is 5. The van der Waals surface area contributed by atoms with E-state index in [0.717, 1.165) is 0 Å². The number of ether oxygens (including phenoxy) is 4. The first kappa shape index (κ1) is 20.6. The fourth-order valence-electron chi connectivity index (χ4n) is 4.49.